The van der Waals surface area contributed by atoms with E-state index in [1.165, 1.54) is 0 Å². The standard InChI is InChI=1S/C9H8F3N3O/c1-2-4-3-5(9(10,11)12)6-7(13-4)14-15-8(6)16/h3H,2H2,1H3,(H2,13,14,15,16). The van der Waals surface area contributed by atoms with Crippen LogP contribution >= 0.6 is 0 Å². The first kappa shape index (κ1) is 10.7. The molecule has 0 saturated carbocycles. The van der Waals surface area contributed by atoms with Gasteiger partial charge in [-0.05, 0) is 12.5 Å². The summed E-state index contributed by atoms with van der Waals surface area (Å²) in [5.74, 6) is 0. The number of H-pyrrole nitrogens is 2. The second-order valence-electron chi connectivity index (χ2n) is 3.32. The maximum atomic E-state index is 12.7. The number of nitrogens with one attached hydrogen (secondary N) is 2. The summed E-state index contributed by atoms with van der Waals surface area (Å²) in [5, 5.41) is 3.98. The Morgan fingerprint density at radius 3 is 2.62 bits per heavy atom. The van der Waals surface area contributed by atoms with Crippen LogP contribution < -0.4 is 5.56 Å². The fraction of sp³-hybridized carbons (Fsp3) is 0.333. The molecule has 0 aliphatic rings. The van der Waals surface area contributed by atoms with E-state index in [4.69, 9.17) is 0 Å². The summed E-state index contributed by atoms with van der Waals surface area (Å²) in [4.78, 5) is 15.1. The Morgan fingerprint density at radius 1 is 1.38 bits per heavy atom. The number of nitrogens with zero attached hydrogens (tertiary/aromatic N) is 1. The van der Waals surface area contributed by atoms with Crippen molar-refractivity contribution in [3.63, 3.8) is 0 Å². The molecular weight excluding hydrogens is 223 g/mol. The number of fused-ring (bicyclic) bond motifs is 1. The fourth-order valence-corrected chi connectivity index (χ4v) is 1.50. The van der Waals surface area contributed by atoms with Crippen LogP contribution in [0.5, 0.6) is 0 Å². The number of aromatic nitrogens is 3. The summed E-state index contributed by atoms with van der Waals surface area (Å²) in [6.45, 7) is 1.69. The maximum absolute atomic E-state index is 12.7. The molecule has 0 radical (unpaired) electrons. The molecule has 0 atom stereocenters. The van der Waals surface area contributed by atoms with E-state index in [2.05, 4.69) is 15.2 Å². The van der Waals surface area contributed by atoms with Crippen LogP contribution in [-0.2, 0) is 12.6 Å². The van der Waals surface area contributed by atoms with Crippen LogP contribution in [0.1, 0.15) is 18.2 Å². The summed E-state index contributed by atoms with van der Waals surface area (Å²) < 4.78 is 38.1. The highest BCUT2D eigenvalue weighted by molar-refractivity contribution is 5.78. The van der Waals surface area contributed by atoms with Crippen molar-refractivity contribution in [2.45, 2.75) is 19.5 Å². The third kappa shape index (κ3) is 1.58. The molecule has 4 nitrogen and oxygen atoms in total. The molecule has 2 N–H and O–H groups in total. The lowest BCUT2D eigenvalue weighted by atomic mass is 10.1. The zero-order valence-corrected chi connectivity index (χ0v) is 8.27. The van der Waals surface area contributed by atoms with Gasteiger partial charge in [0.25, 0.3) is 5.56 Å². The summed E-state index contributed by atoms with van der Waals surface area (Å²) in [5.41, 5.74) is -1.53. The second-order valence-corrected chi connectivity index (χ2v) is 3.32. The molecule has 0 unspecified atom stereocenters. The molecule has 0 amide bonds. The van der Waals surface area contributed by atoms with E-state index < -0.39 is 22.7 Å². The van der Waals surface area contributed by atoms with Crippen LogP contribution in [0, 0.1) is 0 Å². The molecule has 2 aromatic heterocycles. The minimum absolute atomic E-state index is 0.0586. The van der Waals surface area contributed by atoms with E-state index in [0.717, 1.165) is 6.07 Å². The minimum Gasteiger partial charge on any atom is -0.281 e. The van der Waals surface area contributed by atoms with Gasteiger partial charge >= 0.3 is 6.18 Å². The molecule has 0 aromatic carbocycles. The van der Waals surface area contributed by atoms with E-state index >= 15 is 0 Å². The Morgan fingerprint density at radius 2 is 2.06 bits per heavy atom. The van der Waals surface area contributed by atoms with Gasteiger partial charge in [-0.2, -0.15) is 13.2 Å². The molecule has 0 saturated heterocycles. The van der Waals surface area contributed by atoms with Crippen LogP contribution in [0.15, 0.2) is 10.9 Å². The van der Waals surface area contributed by atoms with Crippen molar-refractivity contribution < 1.29 is 13.2 Å². The van der Waals surface area contributed by atoms with Gasteiger partial charge in [0.05, 0.1) is 10.9 Å². The lowest BCUT2D eigenvalue weighted by Gasteiger charge is -2.08. The van der Waals surface area contributed by atoms with Gasteiger partial charge in [-0.3, -0.25) is 15.0 Å². The molecule has 2 aromatic rings. The topological polar surface area (TPSA) is 61.5 Å². The molecule has 0 aliphatic heterocycles. The molecule has 86 valence electrons. The number of rotatable bonds is 1. The van der Waals surface area contributed by atoms with Crippen LogP contribution in [0.2, 0.25) is 0 Å². The molecule has 0 bridgehead atoms. The number of pyridine rings is 1. The molecule has 2 rings (SSSR count). The number of aryl methyl sites for hydroxylation is 1. The molecular formula is C9H8F3N3O. The first-order valence-electron chi connectivity index (χ1n) is 4.61. The average molecular weight is 231 g/mol. The van der Waals surface area contributed by atoms with Crippen molar-refractivity contribution in [3.8, 4) is 0 Å². The first-order chi connectivity index (χ1) is 7.43. The van der Waals surface area contributed by atoms with Crippen LogP contribution in [0.4, 0.5) is 13.2 Å². The average Bonchev–Trinajstić information content (AvgIpc) is 2.58. The van der Waals surface area contributed by atoms with Gasteiger partial charge in [-0.1, -0.05) is 6.92 Å². The van der Waals surface area contributed by atoms with Crippen LogP contribution in [0.3, 0.4) is 0 Å². The van der Waals surface area contributed by atoms with E-state index in [0.29, 0.717) is 6.42 Å². The predicted octanol–water partition coefficient (Wildman–Crippen LogP) is 1.83. The first-order valence-corrected chi connectivity index (χ1v) is 4.61. The molecule has 2 heterocycles. The fourth-order valence-electron chi connectivity index (χ4n) is 1.50. The smallest absolute Gasteiger partial charge is 0.281 e. The van der Waals surface area contributed by atoms with Crippen molar-refractivity contribution in [2.75, 3.05) is 0 Å². The Hall–Kier alpha value is -1.79. The van der Waals surface area contributed by atoms with Gasteiger partial charge in [0.15, 0.2) is 5.65 Å². The molecule has 0 fully saturated rings. The molecule has 7 heteroatoms. The van der Waals surface area contributed by atoms with Crippen molar-refractivity contribution in [1.82, 2.24) is 15.2 Å². The van der Waals surface area contributed by atoms with Gasteiger partial charge in [0, 0.05) is 5.69 Å². The number of aromatic amines is 2. The summed E-state index contributed by atoms with van der Waals surface area (Å²) >= 11 is 0. The Balaban J connectivity index is 2.87. The Kier molecular flexibility index (Phi) is 2.25. The van der Waals surface area contributed by atoms with E-state index in [1.54, 1.807) is 6.92 Å². The van der Waals surface area contributed by atoms with Crippen molar-refractivity contribution in [2.24, 2.45) is 0 Å². The van der Waals surface area contributed by atoms with Crippen molar-refractivity contribution in [1.29, 1.82) is 0 Å². The Bertz CT molecular complexity index is 582. The summed E-state index contributed by atoms with van der Waals surface area (Å²) in [6, 6.07) is 0.908. The maximum Gasteiger partial charge on any atom is 0.417 e. The van der Waals surface area contributed by atoms with Crippen LogP contribution in [-0.4, -0.2) is 15.2 Å². The highest BCUT2D eigenvalue weighted by atomic mass is 19.4. The lowest BCUT2D eigenvalue weighted by Crippen LogP contribution is -2.11. The third-order valence-electron chi connectivity index (χ3n) is 2.26. The number of halogens is 3. The van der Waals surface area contributed by atoms with Gasteiger partial charge in [-0.15, -0.1) is 0 Å². The molecule has 16 heavy (non-hydrogen) atoms. The molecule has 0 aliphatic carbocycles. The minimum atomic E-state index is -4.56. The van der Waals surface area contributed by atoms with Gasteiger partial charge in [-0.25, -0.2) is 4.98 Å². The lowest BCUT2D eigenvalue weighted by molar-refractivity contribution is -0.136. The van der Waals surface area contributed by atoms with Gasteiger partial charge in [0.1, 0.15) is 0 Å². The van der Waals surface area contributed by atoms with E-state index in [-0.39, 0.29) is 11.3 Å². The number of hydrogen-bond donors (Lipinski definition) is 2. The monoisotopic (exact) mass is 231 g/mol. The van der Waals surface area contributed by atoms with E-state index in [1.807, 2.05) is 0 Å². The van der Waals surface area contributed by atoms with Gasteiger partial charge < -0.3 is 0 Å². The largest absolute Gasteiger partial charge is 0.417 e. The Labute approximate surface area is 87.5 Å². The SMILES string of the molecule is CCc1cc(C(F)(F)F)c2c(=O)[nH][nH]c2n1. The number of hydrogen-bond acceptors (Lipinski definition) is 2. The van der Waals surface area contributed by atoms with Crippen molar-refractivity contribution in [3.05, 3.63) is 27.7 Å². The second kappa shape index (κ2) is 3.36. The normalized spacial score (nSPS) is 12.2. The summed E-state index contributed by atoms with van der Waals surface area (Å²) in [7, 11) is 0. The quantitative estimate of drug-likeness (QED) is 0.786. The summed E-state index contributed by atoms with van der Waals surface area (Å²) in [6.07, 6.45) is -4.19. The van der Waals surface area contributed by atoms with E-state index in [9.17, 15) is 18.0 Å². The third-order valence-corrected chi connectivity index (χ3v) is 2.26. The van der Waals surface area contributed by atoms with Gasteiger partial charge in [0.2, 0.25) is 0 Å². The number of alkyl halides is 3. The highest BCUT2D eigenvalue weighted by Gasteiger charge is 2.34. The zero-order chi connectivity index (χ0) is 11.9. The van der Waals surface area contributed by atoms with Crippen LogP contribution in [0.25, 0.3) is 11.0 Å². The predicted molar refractivity (Wildman–Crippen MR) is 51.1 cm³/mol. The zero-order valence-electron chi connectivity index (χ0n) is 8.27. The molecule has 0 spiro atoms. The van der Waals surface area contributed by atoms with Crippen molar-refractivity contribution >= 4 is 11.0 Å². The highest BCUT2D eigenvalue weighted by Crippen LogP contribution is 2.32.